The molecule has 2 N–H and O–H groups in total. The van der Waals surface area contributed by atoms with E-state index >= 15 is 0 Å². The predicted octanol–water partition coefficient (Wildman–Crippen LogP) is 6.66. The van der Waals surface area contributed by atoms with Gasteiger partial charge in [-0.15, -0.1) is 11.3 Å². The molecule has 3 aromatic rings. The predicted molar refractivity (Wildman–Crippen MR) is 143 cm³/mol. The number of esters is 1. The van der Waals surface area contributed by atoms with Crippen molar-refractivity contribution in [1.29, 1.82) is 0 Å². The molecule has 4 rings (SSSR count). The van der Waals surface area contributed by atoms with Gasteiger partial charge < -0.3 is 15.2 Å². The average molecular weight is 496 g/mol. The zero-order valence-corrected chi connectivity index (χ0v) is 22.0. The van der Waals surface area contributed by atoms with Crippen LogP contribution in [0, 0.1) is 12.8 Å². The van der Waals surface area contributed by atoms with Gasteiger partial charge in [0.2, 0.25) is 0 Å². The minimum atomic E-state index is -0.234. The van der Waals surface area contributed by atoms with Crippen LogP contribution in [-0.2, 0) is 20.7 Å². The van der Waals surface area contributed by atoms with Gasteiger partial charge in [-0.1, -0.05) is 37.3 Å². The highest BCUT2D eigenvalue weighted by molar-refractivity contribution is 7.99. The van der Waals surface area contributed by atoms with E-state index in [0.717, 1.165) is 23.2 Å². The van der Waals surface area contributed by atoms with E-state index in [1.165, 1.54) is 27.8 Å². The van der Waals surface area contributed by atoms with Crippen molar-refractivity contribution in [2.75, 3.05) is 12.0 Å². The highest BCUT2D eigenvalue weighted by Gasteiger charge is 2.44. The number of thioether (sulfide) groups is 1. The molecule has 2 heterocycles. The summed E-state index contributed by atoms with van der Waals surface area (Å²) in [6.07, 6.45) is 2.63. The maximum atomic E-state index is 11.8. The van der Waals surface area contributed by atoms with Gasteiger partial charge in [0.25, 0.3) is 0 Å². The van der Waals surface area contributed by atoms with Gasteiger partial charge in [0.15, 0.2) is 0 Å². The Bertz CT molecular complexity index is 1160. The van der Waals surface area contributed by atoms with Gasteiger partial charge in [0.1, 0.15) is 6.10 Å². The van der Waals surface area contributed by atoms with Crippen LogP contribution in [0.4, 0.5) is 5.69 Å². The van der Waals surface area contributed by atoms with Crippen LogP contribution in [-0.4, -0.2) is 29.7 Å². The van der Waals surface area contributed by atoms with Crippen molar-refractivity contribution in [3.8, 4) is 10.4 Å². The molecule has 180 valence electrons. The summed E-state index contributed by atoms with van der Waals surface area (Å²) < 4.78 is 12.3. The van der Waals surface area contributed by atoms with E-state index in [2.05, 4.69) is 63.4 Å². The number of hydrogen-bond donors (Lipinski definition) is 1. The first-order chi connectivity index (χ1) is 16.3. The summed E-state index contributed by atoms with van der Waals surface area (Å²) >= 11 is 3.51. The van der Waals surface area contributed by atoms with Crippen molar-refractivity contribution in [2.24, 2.45) is 5.92 Å². The molecular weight excluding hydrogens is 462 g/mol. The Morgan fingerprint density at radius 3 is 2.65 bits per heavy atom. The molecular formula is C28H33NO3S2. The average Bonchev–Trinajstić information content (AvgIpc) is 3.27. The minimum absolute atomic E-state index is 0.000617. The quantitative estimate of drug-likeness (QED) is 0.306. The van der Waals surface area contributed by atoms with Gasteiger partial charge in [0, 0.05) is 34.7 Å². The van der Waals surface area contributed by atoms with E-state index in [1.54, 1.807) is 23.1 Å². The summed E-state index contributed by atoms with van der Waals surface area (Å²) in [5, 5.41) is 0.0440. The standard InChI is InChI=1S/C28H33NO3S2/c1-16-9-10-21(27-28(33-5)26(32-19(4)30)17(2)18(3)31-27)13-22(16)15-24-11-12-25(34-24)20-7-6-8-23(29)14-20/h6-14,17-18,26-28H,15,29H2,1-5H3/t17-,18-,26+,27?,28-/m1/s1. The summed E-state index contributed by atoms with van der Waals surface area (Å²) in [5.41, 5.74) is 11.6. The number of hydrogen-bond acceptors (Lipinski definition) is 6. The van der Waals surface area contributed by atoms with Crippen molar-refractivity contribution < 1.29 is 14.3 Å². The third kappa shape index (κ3) is 5.35. The Morgan fingerprint density at radius 1 is 1.15 bits per heavy atom. The number of carbonyl (C=O) groups is 1. The molecule has 1 unspecified atom stereocenters. The van der Waals surface area contributed by atoms with Crippen LogP contribution in [0.15, 0.2) is 54.6 Å². The Balaban J connectivity index is 1.60. The second-order valence-corrected chi connectivity index (χ2v) is 11.3. The third-order valence-electron chi connectivity index (χ3n) is 6.72. The van der Waals surface area contributed by atoms with Crippen molar-refractivity contribution in [3.63, 3.8) is 0 Å². The van der Waals surface area contributed by atoms with Crippen molar-refractivity contribution in [1.82, 2.24) is 0 Å². The lowest BCUT2D eigenvalue weighted by Crippen LogP contribution is -2.49. The lowest BCUT2D eigenvalue weighted by molar-refractivity contribution is -0.168. The molecule has 0 radical (unpaired) electrons. The molecule has 0 spiro atoms. The van der Waals surface area contributed by atoms with Crippen LogP contribution in [0.25, 0.3) is 10.4 Å². The van der Waals surface area contributed by atoms with Gasteiger partial charge in [-0.25, -0.2) is 0 Å². The number of benzene rings is 2. The summed E-state index contributed by atoms with van der Waals surface area (Å²) in [7, 11) is 0. The molecule has 34 heavy (non-hydrogen) atoms. The number of aryl methyl sites for hydroxylation is 1. The maximum absolute atomic E-state index is 11.8. The number of nitrogen functional groups attached to an aromatic ring is 1. The number of rotatable bonds is 6. The lowest BCUT2D eigenvalue weighted by Gasteiger charge is -2.44. The summed E-state index contributed by atoms with van der Waals surface area (Å²) in [6.45, 7) is 7.82. The van der Waals surface area contributed by atoms with E-state index in [9.17, 15) is 4.79 Å². The second-order valence-electron chi connectivity index (χ2n) is 9.15. The fourth-order valence-corrected chi connectivity index (χ4v) is 6.70. The molecule has 1 aromatic heterocycles. The largest absolute Gasteiger partial charge is 0.461 e. The monoisotopic (exact) mass is 495 g/mol. The van der Waals surface area contributed by atoms with Crippen LogP contribution < -0.4 is 5.73 Å². The Hall–Kier alpha value is -2.28. The number of anilines is 1. The first kappa shape index (κ1) is 24.8. The zero-order chi connectivity index (χ0) is 24.4. The summed E-state index contributed by atoms with van der Waals surface area (Å²) in [5.74, 6) is -0.0962. The second kappa shape index (κ2) is 10.5. The Labute approximate surface area is 210 Å². The SMILES string of the molecule is CS[C@H]1C(c2ccc(C)c(Cc3ccc(-c4cccc(N)c4)s3)c2)O[C@H](C)[C@@H](C)[C@@H]1OC(C)=O. The number of carbonyl (C=O) groups excluding carboxylic acids is 1. The molecule has 6 heteroatoms. The molecule has 1 aliphatic rings. The number of thiophene rings is 1. The first-order valence-corrected chi connectivity index (χ1v) is 13.8. The normalized spacial score (nSPS) is 24.7. The van der Waals surface area contributed by atoms with Crippen LogP contribution >= 0.6 is 23.1 Å². The Morgan fingerprint density at radius 2 is 1.94 bits per heavy atom. The van der Waals surface area contributed by atoms with Gasteiger partial charge in [-0.05, 0) is 66.6 Å². The van der Waals surface area contributed by atoms with Crippen LogP contribution in [0.2, 0.25) is 0 Å². The highest BCUT2D eigenvalue weighted by Crippen LogP contribution is 2.42. The van der Waals surface area contributed by atoms with Crippen LogP contribution in [0.5, 0.6) is 0 Å². The van der Waals surface area contributed by atoms with Crippen molar-refractivity contribution in [2.45, 2.75) is 57.7 Å². The van der Waals surface area contributed by atoms with Crippen LogP contribution in [0.3, 0.4) is 0 Å². The van der Waals surface area contributed by atoms with E-state index in [4.69, 9.17) is 15.2 Å². The third-order valence-corrected chi connectivity index (χ3v) is 8.91. The van der Waals surface area contributed by atoms with Gasteiger partial charge in [-0.2, -0.15) is 11.8 Å². The lowest BCUT2D eigenvalue weighted by atomic mass is 9.87. The molecule has 0 saturated carbocycles. The Kier molecular flexibility index (Phi) is 7.70. The zero-order valence-electron chi connectivity index (χ0n) is 20.4. The van der Waals surface area contributed by atoms with E-state index in [0.29, 0.717) is 0 Å². The fraction of sp³-hybridized carbons (Fsp3) is 0.393. The molecule has 2 aromatic carbocycles. The number of nitrogens with two attached hydrogens (primary N) is 1. The smallest absolute Gasteiger partial charge is 0.302 e. The molecule has 4 nitrogen and oxygen atoms in total. The highest BCUT2D eigenvalue weighted by atomic mass is 32.2. The molecule has 5 atom stereocenters. The van der Waals surface area contributed by atoms with Crippen molar-refractivity contribution >= 4 is 34.8 Å². The molecule has 0 aliphatic carbocycles. The molecule has 1 aliphatic heterocycles. The van der Waals surface area contributed by atoms with Crippen LogP contribution in [0.1, 0.15) is 48.4 Å². The van der Waals surface area contributed by atoms with Crippen molar-refractivity contribution in [3.05, 3.63) is 76.2 Å². The summed E-state index contributed by atoms with van der Waals surface area (Å²) in [6, 6.07) is 19.0. The summed E-state index contributed by atoms with van der Waals surface area (Å²) in [4.78, 5) is 14.3. The van der Waals surface area contributed by atoms with E-state index in [1.807, 2.05) is 18.2 Å². The van der Waals surface area contributed by atoms with E-state index in [-0.39, 0.29) is 35.4 Å². The topological polar surface area (TPSA) is 61.6 Å². The molecule has 0 bridgehead atoms. The van der Waals surface area contributed by atoms with E-state index < -0.39 is 0 Å². The maximum Gasteiger partial charge on any atom is 0.302 e. The minimum Gasteiger partial charge on any atom is -0.461 e. The first-order valence-electron chi connectivity index (χ1n) is 11.7. The molecule has 0 amide bonds. The molecule has 1 saturated heterocycles. The van der Waals surface area contributed by atoms with Gasteiger partial charge >= 0.3 is 5.97 Å². The van der Waals surface area contributed by atoms with Gasteiger partial charge in [0.05, 0.1) is 17.5 Å². The van der Waals surface area contributed by atoms with Gasteiger partial charge in [-0.3, -0.25) is 4.79 Å². The molecule has 1 fully saturated rings. The number of ether oxygens (including phenoxy) is 2. The fourth-order valence-electron chi connectivity index (χ4n) is 4.63.